The smallest absolute Gasteiger partial charge is 0.237 e. The van der Waals surface area contributed by atoms with Crippen molar-refractivity contribution in [2.75, 3.05) is 26.7 Å². The minimum atomic E-state index is -0.427. The van der Waals surface area contributed by atoms with E-state index in [-0.39, 0.29) is 18.2 Å². The molecule has 1 aliphatic rings. The molecule has 1 fully saturated rings. The van der Waals surface area contributed by atoms with Crippen LogP contribution in [0.25, 0.3) is 0 Å². The van der Waals surface area contributed by atoms with E-state index in [9.17, 15) is 9.59 Å². The Morgan fingerprint density at radius 3 is 2.84 bits per heavy atom. The van der Waals surface area contributed by atoms with Crippen LogP contribution < -0.4 is 15.4 Å². The third-order valence-corrected chi connectivity index (χ3v) is 4.37. The molecule has 0 unspecified atom stereocenters. The highest BCUT2D eigenvalue weighted by Gasteiger charge is 2.31. The molecule has 1 aromatic carbocycles. The van der Waals surface area contributed by atoms with Crippen LogP contribution in [-0.4, -0.2) is 49.5 Å². The van der Waals surface area contributed by atoms with Gasteiger partial charge in [-0.2, -0.15) is 0 Å². The molecular weight excluding hydrogens is 318 g/mol. The van der Waals surface area contributed by atoms with E-state index in [0.717, 1.165) is 23.4 Å². The van der Waals surface area contributed by atoms with Crippen molar-refractivity contribution in [1.29, 1.82) is 0 Å². The maximum atomic E-state index is 12.3. The number of hydrogen-bond donors (Lipinski definition) is 2. The molecule has 0 bridgehead atoms. The van der Waals surface area contributed by atoms with Gasteiger partial charge in [0.2, 0.25) is 11.8 Å². The molecule has 0 aliphatic carbocycles. The van der Waals surface area contributed by atoms with Gasteiger partial charge in [0.15, 0.2) is 0 Å². The molecular formula is C19H29N3O3. The van der Waals surface area contributed by atoms with E-state index in [1.807, 2.05) is 32.9 Å². The normalized spacial score (nSPS) is 18.1. The fraction of sp³-hybridized carbons (Fsp3) is 0.579. The summed E-state index contributed by atoms with van der Waals surface area (Å²) in [6, 6.07) is 5.59. The Bertz CT molecular complexity index is 616. The number of rotatable bonds is 7. The summed E-state index contributed by atoms with van der Waals surface area (Å²) < 4.78 is 5.30. The van der Waals surface area contributed by atoms with Crippen molar-refractivity contribution in [2.24, 2.45) is 5.92 Å². The highest BCUT2D eigenvalue weighted by Crippen LogP contribution is 2.21. The maximum absolute atomic E-state index is 12.3. The number of ether oxygens (including phenoxy) is 1. The van der Waals surface area contributed by atoms with Gasteiger partial charge in [0.25, 0.3) is 0 Å². The number of nitrogens with zero attached hydrogens (tertiary/aromatic N) is 1. The molecule has 1 heterocycles. The second kappa shape index (κ2) is 8.85. The number of aryl methyl sites for hydroxylation is 1. The van der Waals surface area contributed by atoms with E-state index in [1.165, 1.54) is 0 Å². The van der Waals surface area contributed by atoms with Crippen LogP contribution in [0.1, 0.15) is 31.4 Å². The van der Waals surface area contributed by atoms with Crippen LogP contribution in [0.5, 0.6) is 5.75 Å². The first-order chi connectivity index (χ1) is 11.9. The van der Waals surface area contributed by atoms with Crippen LogP contribution in [0.3, 0.4) is 0 Å². The second-order valence-corrected chi connectivity index (χ2v) is 6.98. The van der Waals surface area contributed by atoms with E-state index in [0.29, 0.717) is 25.6 Å². The second-order valence-electron chi connectivity index (χ2n) is 6.98. The summed E-state index contributed by atoms with van der Waals surface area (Å²) in [5.74, 6) is 1.09. The number of carbonyl (C=O) groups is 2. The Balaban J connectivity index is 2.04. The number of carbonyl (C=O) groups excluding carboxylic acids is 2. The van der Waals surface area contributed by atoms with Gasteiger partial charge in [-0.15, -0.1) is 0 Å². The Hall–Kier alpha value is -2.08. The van der Waals surface area contributed by atoms with Crippen LogP contribution in [0, 0.1) is 12.8 Å². The average Bonchev–Trinajstić information content (AvgIpc) is 2.56. The van der Waals surface area contributed by atoms with E-state index in [4.69, 9.17) is 4.74 Å². The zero-order valence-electron chi connectivity index (χ0n) is 15.6. The summed E-state index contributed by atoms with van der Waals surface area (Å²) in [5.41, 5.74) is 2.17. The van der Waals surface area contributed by atoms with Crippen molar-refractivity contribution >= 4 is 11.8 Å². The van der Waals surface area contributed by atoms with Crippen molar-refractivity contribution in [3.8, 4) is 5.75 Å². The third-order valence-electron chi connectivity index (χ3n) is 4.37. The molecule has 138 valence electrons. The van der Waals surface area contributed by atoms with Gasteiger partial charge in [-0.1, -0.05) is 26.0 Å². The largest absolute Gasteiger partial charge is 0.496 e. The lowest BCUT2D eigenvalue weighted by Gasteiger charge is -2.34. The highest BCUT2D eigenvalue weighted by molar-refractivity contribution is 5.88. The van der Waals surface area contributed by atoms with Gasteiger partial charge < -0.3 is 15.4 Å². The van der Waals surface area contributed by atoms with Crippen molar-refractivity contribution in [3.63, 3.8) is 0 Å². The molecule has 2 amide bonds. The van der Waals surface area contributed by atoms with Gasteiger partial charge in [0.1, 0.15) is 5.75 Å². The molecule has 25 heavy (non-hydrogen) atoms. The first-order valence-corrected chi connectivity index (χ1v) is 8.82. The lowest BCUT2D eigenvalue weighted by atomic mass is 10.0. The number of nitrogens with one attached hydrogen (secondary N) is 2. The maximum Gasteiger partial charge on any atom is 0.237 e. The summed E-state index contributed by atoms with van der Waals surface area (Å²) in [6.45, 7) is 8.71. The molecule has 0 radical (unpaired) electrons. The molecule has 6 nitrogen and oxygen atoms in total. The predicted octanol–water partition coefficient (Wildman–Crippen LogP) is 1.47. The molecule has 2 N–H and O–H groups in total. The minimum absolute atomic E-state index is 0.0730. The van der Waals surface area contributed by atoms with E-state index >= 15 is 0 Å². The van der Waals surface area contributed by atoms with Crippen LogP contribution in [0.15, 0.2) is 18.2 Å². The predicted molar refractivity (Wildman–Crippen MR) is 97.4 cm³/mol. The first kappa shape index (κ1) is 19.2. The minimum Gasteiger partial charge on any atom is -0.496 e. The summed E-state index contributed by atoms with van der Waals surface area (Å²) >= 11 is 0. The van der Waals surface area contributed by atoms with Crippen LogP contribution in [0.4, 0.5) is 0 Å². The SMILES string of the molecule is COc1ccc(CN2CCNC(=O)[C@@H]2CC(=O)NCC(C)C)cc1C. The Kier molecular flexibility index (Phi) is 6.82. The molecule has 0 spiro atoms. The van der Waals surface area contributed by atoms with E-state index in [2.05, 4.69) is 21.6 Å². The number of piperazine rings is 1. The molecule has 1 aromatic rings. The fourth-order valence-electron chi connectivity index (χ4n) is 3.01. The van der Waals surface area contributed by atoms with Crippen molar-refractivity contribution in [1.82, 2.24) is 15.5 Å². The van der Waals surface area contributed by atoms with E-state index in [1.54, 1.807) is 7.11 Å². The number of hydrogen-bond acceptors (Lipinski definition) is 4. The van der Waals surface area contributed by atoms with Crippen molar-refractivity contribution in [2.45, 2.75) is 39.8 Å². The molecule has 1 atom stereocenters. The molecule has 1 aliphatic heterocycles. The Morgan fingerprint density at radius 2 is 2.20 bits per heavy atom. The lowest BCUT2D eigenvalue weighted by Crippen LogP contribution is -2.56. The number of benzene rings is 1. The monoisotopic (exact) mass is 347 g/mol. The zero-order valence-corrected chi connectivity index (χ0v) is 15.6. The quantitative estimate of drug-likeness (QED) is 0.784. The summed E-state index contributed by atoms with van der Waals surface area (Å²) in [4.78, 5) is 26.5. The highest BCUT2D eigenvalue weighted by atomic mass is 16.5. The van der Waals surface area contributed by atoms with Crippen molar-refractivity contribution in [3.05, 3.63) is 29.3 Å². The first-order valence-electron chi connectivity index (χ1n) is 8.82. The zero-order chi connectivity index (χ0) is 18.4. The standard InChI is InChI=1S/C19H29N3O3/c1-13(2)11-21-18(23)10-16-19(24)20-7-8-22(16)12-15-5-6-17(25-4)14(3)9-15/h5-6,9,13,16H,7-8,10-12H2,1-4H3,(H,20,24)(H,21,23)/t16-/m0/s1. The average molecular weight is 347 g/mol. The van der Waals surface area contributed by atoms with Crippen LogP contribution >= 0.6 is 0 Å². The van der Waals surface area contributed by atoms with Gasteiger partial charge in [-0.25, -0.2) is 0 Å². The molecule has 6 heteroatoms. The van der Waals surface area contributed by atoms with Gasteiger partial charge in [0.05, 0.1) is 19.6 Å². The summed E-state index contributed by atoms with van der Waals surface area (Å²) in [7, 11) is 1.66. The topological polar surface area (TPSA) is 70.7 Å². The van der Waals surface area contributed by atoms with Gasteiger partial charge in [-0.3, -0.25) is 14.5 Å². The van der Waals surface area contributed by atoms with Crippen LogP contribution in [0.2, 0.25) is 0 Å². The lowest BCUT2D eigenvalue weighted by molar-refractivity contribution is -0.134. The third kappa shape index (κ3) is 5.46. The van der Waals surface area contributed by atoms with Gasteiger partial charge in [0, 0.05) is 26.2 Å². The molecule has 0 aromatic heterocycles. The fourth-order valence-corrected chi connectivity index (χ4v) is 3.01. The van der Waals surface area contributed by atoms with E-state index < -0.39 is 6.04 Å². The van der Waals surface area contributed by atoms with Crippen LogP contribution in [-0.2, 0) is 16.1 Å². The Morgan fingerprint density at radius 1 is 1.44 bits per heavy atom. The molecule has 1 saturated heterocycles. The molecule has 0 saturated carbocycles. The van der Waals surface area contributed by atoms with Crippen molar-refractivity contribution < 1.29 is 14.3 Å². The van der Waals surface area contributed by atoms with Gasteiger partial charge >= 0.3 is 0 Å². The summed E-state index contributed by atoms with van der Waals surface area (Å²) in [6.07, 6.45) is 0.188. The number of methoxy groups -OCH3 is 1. The Labute approximate surface area is 149 Å². The summed E-state index contributed by atoms with van der Waals surface area (Å²) in [5, 5.41) is 5.76. The van der Waals surface area contributed by atoms with Gasteiger partial charge in [-0.05, 0) is 30.0 Å². The molecule has 2 rings (SSSR count). The number of amides is 2.